The van der Waals surface area contributed by atoms with Crippen molar-refractivity contribution in [2.75, 3.05) is 0 Å². The number of nitrogens with one attached hydrogen (secondary N) is 1. The molecule has 0 unspecified atom stereocenters. The predicted molar refractivity (Wildman–Crippen MR) is 69.9 cm³/mol. The Morgan fingerprint density at radius 3 is 2.79 bits per heavy atom. The molecule has 0 radical (unpaired) electrons. The molecule has 0 aromatic carbocycles. The molecule has 0 fully saturated rings. The van der Waals surface area contributed by atoms with E-state index in [2.05, 4.69) is 20.4 Å². The van der Waals surface area contributed by atoms with E-state index < -0.39 is 0 Å². The topological polar surface area (TPSA) is 76.5 Å². The van der Waals surface area contributed by atoms with Crippen molar-refractivity contribution in [3.63, 3.8) is 0 Å². The summed E-state index contributed by atoms with van der Waals surface area (Å²) in [5.74, 6) is 0. The van der Waals surface area contributed by atoms with E-state index in [0.29, 0.717) is 5.69 Å². The molecule has 0 aliphatic heterocycles. The van der Waals surface area contributed by atoms with Gasteiger partial charge in [0.1, 0.15) is 5.69 Å². The third kappa shape index (κ3) is 2.15. The van der Waals surface area contributed by atoms with Crippen molar-refractivity contribution in [2.45, 2.75) is 6.92 Å². The summed E-state index contributed by atoms with van der Waals surface area (Å²) in [7, 11) is 0. The van der Waals surface area contributed by atoms with Gasteiger partial charge in [0.05, 0.1) is 18.1 Å². The zero-order chi connectivity index (χ0) is 13.2. The fourth-order valence-electron chi connectivity index (χ4n) is 1.79. The molecular weight excluding hydrogens is 242 g/mol. The standard InChI is InChI=1S/C13H11N5O/c1-9-2-4-11(6-14-9)18-8-10(3-5-13(18)19)12-7-15-17-16-12/h2-8H,1H3,(H,15,16,17). The van der Waals surface area contributed by atoms with E-state index in [-0.39, 0.29) is 5.56 Å². The van der Waals surface area contributed by atoms with Gasteiger partial charge in [-0.05, 0) is 25.1 Å². The SMILES string of the molecule is Cc1ccc(-n2cc(-c3c[nH]nn3)ccc2=O)cn1. The Labute approximate surface area is 108 Å². The van der Waals surface area contributed by atoms with Gasteiger partial charge in [0.15, 0.2) is 0 Å². The van der Waals surface area contributed by atoms with E-state index in [1.54, 1.807) is 24.7 Å². The summed E-state index contributed by atoms with van der Waals surface area (Å²) in [6, 6.07) is 6.95. The van der Waals surface area contributed by atoms with Crippen LogP contribution in [0.3, 0.4) is 0 Å². The average molecular weight is 253 g/mol. The van der Waals surface area contributed by atoms with E-state index in [9.17, 15) is 4.79 Å². The van der Waals surface area contributed by atoms with Crippen LogP contribution in [0.2, 0.25) is 0 Å². The normalized spacial score (nSPS) is 10.6. The number of hydrogen-bond acceptors (Lipinski definition) is 4. The van der Waals surface area contributed by atoms with Crippen LogP contribution < -0.4 is 5.56 Å². The number of H-pyrrole nitrogens is 1. The minimum atomic E-state index is -0.113. The van der Waals surface area contributed by atoms with Crippen LogP contribution in [0, 0.1) is 6.92 Å². The number of hydrogen-bond donors (Lipinski definition) is 1. The zero-order valence-electron chi connectivity index (χ0n) is 10.2. The molecule has 3 aromatic rings. The summed E-state index contributed by atoms with van der Waals surface area (Å²) in [6.45, 7) is 1.90. The second-order valence-electron chi connectivity index (χ2n) is 4.14. The molecular formula is C13H11N5O. The molecule has 0 atom stereocenters. The van der Waals surface area contributed by atoms with Gasteiger partial charge in [0.25, 0.3) is 5.56 Å². The Kier molecular flexibility index (Phi) is 2.68. The summed E-state index contributed by atoms with van der Waals surface area (Å²) < 4.78 is 1.54. The minimum Gasteiger partial charge on any atom is -0.282 e. The third-order valence-corrected chi connectivity index (χ3v) is 2.80. The van der Waals surface area contributed by atoms with E-state index in [0.717, 1.165) is 16.9 Å². The first-order valence-electron chi connectivity index (χ1n) is 5.76. The van der Waals surface area contributed by atoms with E-state index in [4.69, 9.17) is 0 Å². The van der Waals surface area contributed by atoms with Gasteiger partial charge in [0.2, 0.25) is 0 Å². The van der Waals surface area contributed by atoms with Crippen LogP contribution in [-0.2, 0) is 0 Å². The molecule has 0 spiro atoms. The highest BCUT2D eigenvalue weighted by Gasteiger charge is 2.05. The van der Waals surface area contributed by atoms with Gasteiger partial charge in [-0.2, -0.15) is 0 Å². The van der Waals surface area contributed by atoms with Crippen molar-refractivity contribution in [3.8, 4) is 16.9 Å². The Morgan fingerprint density at radius 1 is 1.21 bits per heavy atom. The molecule has 0 aliphatic carbocycles. The van der Waals surface area contributed by atoms with Crippen LogP contribution in [0.15, 0.2) is 47.7 Å². The van der Waals surface area contributed by atoms with Crippen molar-refractivity contribution in [3.05, 3.63) is 58.9 Å². The highest BCUT2D eigenvalue weighted by atomic mass is 16.1. The molecule has 6 heteroatoms. The maximum Gasteiger partial charge on any atom is 0.255 e. The van der Waals surface area contributed by atoms with Crippen LogP contribution in [0.1, 0.15) is 5.69 Å². The number of aromatic amines is 1. The summed E-state index contributed by atoms with van der Waals surface area (Å²) in [4.78, 5) is 16.1. The van der Waals surface area contributed by atoms with Crippen LogP contribution in [-0.4, -0.2) is 25.0 Å². The molecule has 3 rings (SSSR count). The van der Waals surface area contributed by atoms with E-state index >= 15 is 0 Å². The molecule has 1 N–H and O–H groups in total. The lowest BCUT2D eigenvalue weighted by Gasteiger charge is -2.06. The smallest absolute Gasteiger partial charge is 0.255 e. The van der Waals surface area contributed by atoms with Crippen LogP contribution in [0.25, 0.3) is 16.9 Å². The first kappa shape index (κ1) is 11.3. The molecule has 0 amide bonds. The lowest BCUT2D eigenvalue weighted by molar-refractivity contribution is 0.938. The monoisotopic (exact) mass is 253 g/mol. The molecule has 0 bridgehead atoms. The zero-order valence-corrected chi connectivity index (χ0v) is 10.2. The lowest BCUT2D eigenvalue weighted by Crippen LogP contribution is -2.16. The van der Waals surface area contributed by atoms with Gasteiger partial charge in [-0.3, -0.25) is 19.4 Å². The highest BCUT2D eigenvalue weighted by Crippen LogP contribution is 2.14. The Morgan fingerprint density at radius 2 is 2.11 bits per heavy atom. The number of pyridine rings is 2. The number of aryl methyl sites for hydroxylation is 1. The molecule has 0 saturated carbocycles. The maximum atomic E-state index is 11.9. The minimum absolute atomic E-state index is 0.113. The van der Waals surface area contributed by atoms with Crippen LogP contribution in [0.4, 0.5) is 0 Å². The number of nitrogens with zero attached hydrogens (tertiary/aromatic N) is 4. The van der Waals surface area contributed by atoms with Gasteiger partial charge >= 0.3 is 0 Å². The first-order valence-corrected chi connectivity index (χ1v) is 5.76. The van der Waals surface area contributed by atoms with Crippen molar-refractivity contribution < 1.29 is 0 Å². The summed E-state index contributed by atoms with van der Waals surface area (Å²) in [5, 5.41) is 10.2. The van der Waals surface area contributed by atoms with Crippen molar-refractivity contribution in [1.29, 1.82) is 0 Å². The van der Waals surface area contributed by atoms with E-state index in [1.165, 1.54) is 10.6 Å². The second-order valence-corrected chi connectivity index (χ2v) is 4.14. The van der Waals surface area contributed by atoms with Gasteiger partial charge in [-0.1, -0.05) is 5.21 Å². The number of rotatable bonds is 2. The third-order valence-electron chi connectivity index (χ3n) is 2.80. The van der Waals surface area contributed by atoms with Gasteiger partial charge < -0.3 is 0 Å². The lowest BCUT2D eigenvalue weighted by atomic mass is 10.2. The summed E-state index contributed by atoms with van der Waals surface area (Å²) in [6.07, 6.45) is 5.08. The Balaban J connectivity index is 2.13. The Hall–Kier alpha value is -2.76. The summed E-state index contributed by atoms with van der Waals surface area (Å²) in [5.41, 5.74) is 3.02. The van der Waals surface area contributed by atoms with Gasteiger partial charge in [-0.25, -0.2) is 0 Å². The Bertz CT molecular complexity index is 743. The number of aromatic nitrogens is 5. The second kappa shape index (κ2) is 4.49. The van der Waals surface area contributed by atoms with Gasteiger partial charge in [-0.15, -0.1) is 5.10 Å². The van der Waals surface area contributed by atoms with Crippen molar-refractivity contribution in [2.24, 2.45) is 0 Å². The quantitative estimate of drug-likeness (QED) is 0.747. The fourth-order valence-corrected chi connectivity index (χ4v) is 1.79. The van der Waals surface area contributed by atoms with Gasteiger partial charge in [0, 0.05) is 23.5 Å². The predicted octanol–water partition coefficient (Wildman–Crippen LogP) is 1.33. The molecule has 0 aliphatic rings. The van der Waals surface area contributed by atoms with Crippen LogP contribution >= 0.6 is 0 Å². The van der Waals surface area contributed by atoms with Crippen LogP contribution in [0.5, 0.6) is 0 Å². The van der Waals surface area contributed by atoms with E-state index in [1.807, 2.05) is 19.1 Å². The fraction of sp³-hybridized carbons (Fsp3) is 0.0769. The van der Waals surface area contributed by atoms with Crippen molar-refractivity contribution in [1.82, 2.24) is 25.0 Å². The maximum absolute atomic E-state index is 11.9. The highest BCUT2D eigenvalue weighted by molar-refractivity contribution is 5.56. The first-order chi connectivity index (χ1) is 9.24. The molecule has 3 heterocycles. The molecule has 94 valence electrons. The van der Waals surface area contributed by atoms with Crippen molar-refractivity contribution >= 4 is 0 Å². The molecule has 0 saturated heterocycles. The average Bonchev–Trinajstić information content (AvgIpc) is 2.94. The summed E-state index contributed by atoms with van der Waals surface area (Å²) >= 11 is 0. The largest absolute Gasteiger partial charge is 0.282 e. The molecule has 3 aromatic heterocycles. The molecule has 19 heavy (non-hydrogen) atoms. The molecule has 6 nitrogen and oxygen atoms in total.